The number of H-pyrrole nitrogens is 1. The molecule has 0 bridgehead atoms. The van der Waals surface area contributed by atoms with Gasteiger partial charge >= 0.3 is 5.69 Å². The average Bonchev–Trinajstić information content (AvgIpc) is 2.69. The molecule has 1 fully saturated rings. The van der Waals surface area contributed by atoms with Crippen molar-refractivity contribution in [1.82, 2.24) is 9.55 Å². The van der Waals surface area contributed by atoms with Crippen LogP contribution in [0, 0.1) is 6.85 Å². The Hall–Kier alpha value is -1.44. The summed E-state index contributed by atoms with van der Waals surface area (Å²) in [5.74, 6) is 0. The van der Waals surface area contributed by atoms with E-state index < -0.39 is 42.1 Å². The first-order valence-electron chi connectivity index (χ1n) is 6.92. The molecule has 18 heavy (non-hydrogen) atoms. The van der Waals surface area contributed by atoms with Crippen molar-refractivity contribution in [2.45, 2.75) is 31.7 Å². The third-order valence-corrected chi connectivity index (χ3v) is 2.81. The Balaban J connectivity index is 2.37. The van der Waals surface area contributed by atoms with Gasteiger partial charge < -0.3 is 14.6 Å². The van der Waals surface area contributed by atoms with E-state index in [9.17, 15) is 14.7 Å². The molecule has 100 valence electrons. The number of aromatic amines is 1. The van der Waals surface area contributed by atoms with E-state index in [1.54, 1.807) is 0 Å². The van der Waals surface area contributed by atoms with Crippen LogP contribution < -0.4 is 11.2 Å². The number of hydrogen-bond acceptors (Lipinski definition) is 5. The van der Waals surface area contributed by atoms with Crippen molar-refractivity contribution in [1.29, 1.82) is 0 Å². The second kappa shape index (κ2) is 5.05. The zero-order valence-corrected chi connectivity index (χ0v) is 9.75. The van der Waals surface area contributed by atoms with Crippen LogP contribution in [0.4, 0.5) is 0 Å². The fourth-order valence-electron chi connectivity index (χ4n) is 1.90. The highest BCUT2D eigenvalue weighted by Crippen LogP contribution is 2.27. The molecule has 2 heterocycles. The highest BCUT2D eigenvalue weighted by molar-refractivity contribution is 5.02. The van der Waals surface area contributed by atoms with Crippen molar-refractivity contribution in [3.05, 3.63) is 32.6 Å². The largest absolute Gasteiger partial charge is 0.390 e. The quantitative estimate of drug-likeness (QED) is 0.736. The molecule has 0 aliphatic carbocycles. The molecule has 0 aromatic carbocycles. The summed E-state index contributed by atoms with van der Waals surface area (Å²) in [6.07, 6.45) is -1.26. The summed E-state index contributed by atoms with van der Waals surface area (Å²) in [7, 11) is 1.45. The monoisotopic (exact) mass is 259 g/mol. The van der Waals surface area contributed by atoms with Crippen LogP contribution in [-0.2, 0) is 9.47 Å². The van der Waals surface area contributed by atoms with Gasteiger partial charge in [0.2, 0.25) is 0 Å². The molecule has 2 rings (SSSR count). The van der Waals surface area contributed by atoms with Gasteiger partial charge in [0.15, 0.2) is 0 Å². The van der Waals surface area contributed by atoms with E-state index in [4.69, 9.17) is 13.6 Å². The van der Waals surface area contributed by atoms with Crippen LogP contribution in [0.5, 0.6) is 0 Å². The lowest BCUT2D eigenvalue weighted by Crippen LogP contribution is -2.33. The number of aryl methyl sites for hydroxylation is 1. The summed E-state index contributed by atoms with van der Waals surface area (Å²) in [6.45, 7) is -2.51. The van der Waals surface area contributed by atoms with E-state index in [1.165, 1.54) is 7.11 Å². The van der Waals surface area contributed by atoms with Crippen molar-refractivity contribution in [2.75, 3.05) is 13.7 Å². The number of nitrogens with zero attached hydrogens (tertiary/aromatic N) is 1. The first-order chi connectivity index (χ1) is 9.74. The van der Waals surface area contributed by atoms with E-state index in [0.717, 1.165) is 10.8 Å². The van der Waals surface area contributed by atoms with Gasteiger partial charge in [0.05, 0.1) is 12.7 Å². The maximum atomic E-state index is 11.8. The molecular formula is C11H16N2O5. The molecule has 0 saturated carbocycles. The molecule has 0 spiro atoms. The Morgan fingerprint density at radius 2 is 2.50 bits per heavy atom. The predicted molar refractivity (Wildman–Crippen MR) is 62.5 cm³/mol. The molecule has 0 amide bonds. The van der Waals surface area contributed by atoms with Gasteiger partial charge in [-0.2, -0.15) is 0 Å². The van der Waals surface area contributed by atoms with Gasteiger partial charge in [-0.3, -0.25) is 14.3 Å². The molecule has 2 N–H and O–H groups in total. The van der Waals surface area contributed by atoms with E-state index in [2.05, 4.69) is 0 Å². The Kier molecular flexibility index (Phi) is 2.66. The highest BCUT2D eigenvalue weighted by Gasteiger charge is 2.35. The summed E-state index contributed by atoms with van der Waals surface area (Å²) in [6, 6.07) is 0. The zero-order valence-electron chi connectivity index (χ0n) is 12.8. The SMILES string of the molecule is [2H]C([2H])([2H])c1cn([C@H]2C[C@@H](O)[C@@H](COC)O2)c(=O)[nH]c1=O. The number of methoxy groups -OCH3 is 1. The van der Waals surface area contributed by atoms with E-state index >= 15 is 0 Å². The molecule has 0 radical (unpaired) electrons. The number of rotatable bonds is 3. The Labute approximate surface area is 107 Å². The van der Waals surface area contributed by atoms with Crippen LogP contribution in [0.25, 0.3) is 0 Å². The van der Waals surface area contributed by atoms with Gasteiger partial charge in [0.25, 0.3) is 5.56 Å². The van der Waals surface area contributed by atoms with Crippen LogP contribution in [-0.4, -0.2) is 40.6 Å². The minimum Gasteiger partial charge on any atom is -0.390 e. The molecule has 1 aromatic heterocycles. The average molecular weight is 259 g/mol. The molecule has 0 unspecified atom stereocenters. The Bertz CT molecular complexity index is 624. The molecule has 7 heteroatoms. The number of hydrogen-bond donors (Lipinski definition) is 2. The highest BCUT2D eigenvalue weighted by atomic mass is 16.6. The van der Waals surface area contributed by atoms with Crippen LogP contribution in [0.1, 0.15) is 22.3 Å². The minimum atomic E-state index is -2.65. The van der Waals surface area contributed by atoms with E-state index in [-0.39, 0.29) is 13.0 Å². The van der Waals surface area contributed by atoms with E-state index in [1.807, 2.05) is 4.98 Å². The molecule has 7 nitrogen and oxygen atoms in total. The third kappa shape index (κ3) is 2.38. The summed E-state index contributed by atoms with van der Waals surface area (Å²) < 4.78 is 33.2. The summed E-state index contributed by atoms with van der Waals surface area (Å²) in [5.41, 5.74) is -2.25. The molecule has 1 aliphatic rings. The van der Waals surface area contributed by atoms with Gasteiger partial charge in [-0.1, -0.05) is 0 Å². The maximum absolute atomic E-state index is 11.8. The van der Waals surface area contributed by atoms with Gasteiger partial charge in [0, 0.05) is 29.4 Å². The first-order valence-corrected chi connectivity index (χ1v) is 5.42. The maximum Gasteiger partial charge on any atom is 0.330 e. The van der Waals surface area contributed by atoms with Crippen LogP contribution in [0.15, 0.2) is 15.8 Å². The number of aliphatic hydroxyl groups excluding tert-OH is 1. The standard InChI is InChI=1S/C11H16N2O5/c1-6-4-13(11(16)12-10(6)15)9-3-7(14)8(18-9)5-17-2/h4,7-9,14H,3,5H2,1-2H3,(H,12,15,16)/t7-,8-,9-/m1/s1/i1D3. The van der Waals surface area contributed by atoms with Crippen LogP contribution in [0.3, 0.4) is 0 Å². The Morgan fingerprint density at radius 1 is 1.72 bits per heavy atom. The Morgan fingerprint density at radius 3 is 3.17 bits per heavy atom. The molecule has 1 aliphatic heterocycles. The van der Waals surface area contributed by atoms with Gasteiger partial charge in [-0.25, -0.2) is 4.79 Å². The topological polar surface area (TPSA) is 93.6 Å². The summed E-state index contributed by atoms with van der Waals surface area (Å²) >= 11 is 0. The zero-order chi connectivity index (χ0) is 15.8. The number of aromatic nitrogens is 2. The first kappa shape index (κ1) is 9.48. The molecule has 1 aromatic rings. The van der Waals surface area contributed by atoms with Crippen molar-refractivity contribution >= 4 is 0 Å². The summed E-state index contributed by atoms with van der Waals surface area (Å²) in [4.78, 5) is 25.3. The van der Waals surface area contributed by atoms with Gasteiger partial charge in [0.1, 0.15) is 12.3 Å². The lowest BCUT2D eigenvalue weighted by molar-refractivity contribution is -0.0547. The fraction of sp³-hybridized carbons (Fsp3) is 0.636. The molecule has 3 atom stereocenters. The fourth-order valence-corrected chi connectivity index (χ4v) is 1.90. The van der Waals surface area contributed by atoms with Gasteiger partial charge in [-0.05, 0) is 6.85 Å². The minimum absolute atomic E-state index is 0.0976. The summed E-state index contributed by atoms with van der Waals surface area (Å²) in [5, 5.41) is 9.82. The van der Waals surface area contributed by atoms with Crippen LogP contribution >= 0.6 is 0 Å². The van der Waals surface area contributed by atoms with Crippen LogP contribution in [0.2, 0.25) is 0 Å². The lowest BCUT2D eigenvalue weighted by Gasteiger charge is -2.15. The number of aliphatic hydroxyl groups is 1. The smallest absolute Gasteiger partial charge is 0.330 e. The third-order valence-electron chi connectivity index (χ3n) is 2.81. The van der Waals surface area contributed by atoms with E-state index in [0.29, 0.717) is 0 Å². The second-order valence-electron chi connectivity index (χ2n) is 4.10. The number of ether oxygens (including phenoxy) is 2. The van der Waals surface area contributed by atoms with Crippen molar-refractivity contribution < 1.29 is 18.7 Å². The number of nitrogens with one attached hydrogen (secondary N) is 1. The van der Waals surface area contributed by atoms with Crippen molar-refractivity contribution in [2.24, 2.45) is 0 Å². The molecule has 1 saturated heterocycles. The lowest BCUT2D eigenvalue weighted by atomic mass is 10.2. The normalized spacial score (nSPS) is 30.8. The van der Waals surface area contributed by atoms with Crippen molar-refractivity contribution in [3.63, 3.8) is 0 Å². The second-order valence-corrected chi connectivity index (χ2v) is 4.10. The predicted octanol–water partition coefficient (Wildman–Crippen LogP) is -0.860. The van der Waals surface area contributed by atoms with Crippen molar-refractivity contribution in [3.8, 4) is 0 Å². The van der Waals surface area contributed by atoms with Gasteiger partial charge in [-0.15, -0.1) is 0 Å². The molecular weight excluding hydrogens is 240 g/mol.